The van der Waals surface area contributed by atoms with Crippen LogP contribution in [0.25, 0.3) is 0 Å². The number of hydrogen-bond donors (Lipinski definition) is 2. The molecule has 108 valence electrons. The Morgan fingerprint density at radius 3 is 2.68 bits per heavy atom. The van der Waals surface area contributed by atoms with Crippen molar-refractivity contribution < 1.29 is 5.11 Å². The molecule has 0 aromatic heterocycles. The van der Waals surface area contributed by atoms with E-state index in [-0.39, 0.29) is 0 Å². The summed E-state index contributed by atoms with van der Waals surface area (Å²) in [6, 6.07) is 8.37. The highest BCUT2D eigenvalue weighted by atomic mass is 16.3. The van der Waals surface area contributed by atoms with Crippen LogP contribution in [0.15, 0.2) is 24.3 Å². The summed E-state index contributed by atoms with van der Waals surface area (Å²) in [4.78, 5) is 0. The zero-order chi connectivity index (χ0) is 14.3. The van der Waals surface area contributed by atoms with Gasteiger partial charge in [-0.1, -0.05) is 51.5 Å². The predicted molar refractivity (Wildman–Crippen MR) is 82.3 cm³/mol. The average molecular weight is 263 g/mol. The molecule has 2 N–H and O–H groups in total. The van der Waals surface area contributed by atoms with E-state index >= 15 is 0 Å². The third-order valence-corrected chi connectivity index (χ3v) is 3.43. The van der Waals surface area contributed by atoms with Gasteiger partial charge in [-0.15, -0.1) is 0 Å². The van der Waals surface area contributed by atoms with Crippen molar-refractivity contribution in [3.63, 3.8) is 0 Å². The maximum absolute atomic E-state index is 10.6. The van der Waals surface area contributed by atoms with Gasteiger partial charge in [0.1, 0.15) is 0 Å². The van der Waals surface area contributed by atoms with Crippen LogP contribution in [-0.4, -0.2) is 18.2 Å². The second-order valence-corrected chi connectivity index (χ2v) is 6.07. The lowest BCUT2D eigenvalue weighted by Gasteiger charge is -2.25. The number of aliphatic hydroxyl groups is 1. The summed E-state index contributed by atoms with van der Waals surface area (Å²) >= 11 is 0. The molecule has 0 amide bonds. The molecule has 0 aliphatic heterocycles. The number of aryl methyl sites for hydroxylation is 1. The van der Waals surface area contributed by atoms with Crippen LogP contribution in [0.4, 0.5) is 0 Å². The Hall–Kier alpha value is -0.860. The van der Waals surface area contributed by atoms with Crippen LogP contribution in [0.2, 0.25) is 0 Å². The minimum absolute atomic E-state index is 0.651. The van der Waals surface area contributed by atoms with Gasteiger partial charge in [-0.05, 0) is 49.9 Å². The summed E-state index contributed by atoms with van der Waals surface area (Å²) in [5, 5.41) is 14.0. The highest BCUT2D eigenvalue weighted by Crippen LogP contribution is 2.25. The molecule has 0 fully saturated rings. The molecule has 0 bridgehead atoms. The molecule has 1 aromatic carbocycles. The molecule has 1 aromatic rings. The predicted octanol–water partition coefficient (Wildman–Crippen LogP) is 3.48. The molecule has 19 heavy (non-hydrogen) atoms. The lowest BCUT2D eigenvalue weighted by Crippen LogP contribution is -2.29. The maximum atomic E-state index is 10.6. The summed E-state index contributed by atoms with van der Waals surface area (Å²) in [5.41, 5.74) is 1.61. The number of hydrogen-bond acceptors (Lipinski definition) is 2. The lowest BCUT2D eigenvalue weighted by atomic mass is 9.90. The smallest absolute Gasteiger partial charge is 0.0880 e. The second-order valence-electron chi connectivity index (χ2n) is 6.07. The van der Waals surface area contributed by atoms with E-state index in [1.165, 1.54) is 5.56 Å². The first-order valence-electron chi connectivity index (χ1n) is 7.48. The second kappa shape index (κ2) is 7.66. The third-order valence-electron chi connectivity index (χ3n) is 3.43. The summed E-state index contributed by atoms with van der Waals surface area (Å²) in [7, 11) is 0. The number of nitrogens with one attached hydrogen (secondary N) is 1. The molecule has 0 spiro atoms. The van der Waals surface area contributed by atoms with Gasteiger partial charge in [-0.2, -0.15) is 0 Å². The van der Waals surface area contributed by atoms with Crippen molar-refractivity contribution in [1.82, 2.24) is 5.32 Å². The van der Waals surface area contributed by atoms with Gasteiger partial charge < -0.3 is 10.4 Å². The molecule has 1 atom stereocenters. The van der Waals surface area contributed by atoms with E-state index in [0.29, 0.717) is 5.92 Å². The molecule has 0 aliphatic carbocycles. The molecule has 0 heterocycles. The molecular weight excluding hydrogens is 234 g/mol. The Morgan fingerprint density at radius 1 is 1.32 bits per heavy atom. The molecule has 0 saturated carbocycles. The maximum Gasteiger partial charge on any atom is 0.0880 e. The zero-order valence-corrected chi connectivity index (χ0v) is 12.9. The fourth-order valence-electron chi connectivity index (χ4n) is 2.22. The van der Waals surface area contributed by atoms with E-state index in [1.807, 2.05) is 13.0 Å². The standard InChI is InChI=1S/C17H29NO/c1-5-7-15-8-6-9-16(12-15)17(4,19)10-11-18-13-14(2)3/h6,8-9,12,14,18-19H,5,7,10-11,13H2,1-4H3. The van der Waals surface area contributed by atoms with Crippen molar-refractivity contribution in [3.8, 4) is 0 Å². The molecule has 1 unspecified atom stereocenters. The van der Waals surface area contributed by atoms with Gasteiger partial charge in [0.05, 0.1) is 5.60 Å². The Bertz CT molecular complexity index is 371. The molecule has 0 saturated heterocycles. The van der Waals surface area contributed by atoms with E-state index < -0.39 is 5.60 Å². The van der Waals surface area contributed by atoms with Gasteiger partial charge in [0.25, 0.3) is 0 Å². The molecule has 1 rings (SSSR count). The Kier molecular flexibility index (Phi) is 6.53. The highest BCUT2D eigenvalue weighted by Gasteiger charge is 2.22. The minimum Gasteiger partial charge on any atom is -0.385 e. The fourth-order valence-corrected chi connectivity index (χ4v) is 2.22. The molecule has 2 nitrogen and oxygen atoms in total. The Morgan fingerprint density at radius 2 is 2.05 bits per heavy atom. The monoisotopic (exact) mass is 263 g/mol. The van der Waals surface area contributed by atoms with Crippen LogP contribution in [0.3, 0.4) is 0 Å². The summed E-state index contributed by atoms with van der Waals surface area (Å²) in [5.74, 6) is 0.651. The SMILES string of the molecule is CCCc1cccc(C(C)(O)CCNCC(C)C)c1. The largest absolute Gasteiger partial charge is 0.385 e. The van der Waals surface area contributed by atoms with Crippen molar-refractivity contribution in [2.75, 3.05) is 13.1 Å². The quantitative estimate of drug-likeness (QED) is 0.704. The number of benzene rings is 1. The van der Waals surface area contributed by atoms with Gasteiger partial charge in [0.2, 0.25) is 0 Å². The van der Waals surface area contributed by atoms with Crippen molar-refractivity contribution in [1.29, 1.82) is 0 Å². The van der Waals surface area contributed by atoms with Crippen LogP contribution in [0.5, 0.6) is 0 Å². The molecule has 0 aliphatic rings. The highest BCUT2D eigenvalue weighted by molar-refractivity contribution is 5.28. The van der Waals surface area contributed by atoms with Gasteiger partial charge in [-0.3, -0.25) is 0 Å². The van der Waals surface area contributed by atoms with Gasteiger partial charge in [0, 0.05) is 0 Å². The fraction of sp³-hybridized carbons (Fsp3) is 0.647. The van der Waals surface area contributed by atoms with Gasteiger partial charge in [-0.25, -0.2) is 0 Å². The molecule has 2 heteroatoms. The molecule has 0 radical (unpaired) electrons. The van der Waals surface area contributed by atoms with Crippen LogP contribution in [0, 0.1) is 5.92 Å². The first-order chi connectivity index (χ1) is 8.95. The van der Waals surface area contributed by atoms with Crippen molar-refractivity contribution in [2.45, 2.75) is 52.6 Å². The van der Waals surface area contributed by atoms with Crippen LogP contribution < -0.4 is 5.32 Å². The summed E-state index contributed by atoms with van der Waals surface area (Å²) < 4.78 is 0. The number of rotatable bonds is 8. The van der Waals surface area contributed by atoms with Crippen LogP contribution in [-0.2, 0) is 12.0 Å². The van der Waals surface area contributed by atoms with Crippen molar-refractivity contribution in [2.24, 2.45) is 5.92 Å². The van der Waals surface area contributed by atoms with E-state index in [2.05, 4.69) is 44.3 Å². The minimum atomic E-state index is -0.742. The van der Waals surface area contributed by atoms with E-state index in [0.717, 1.165) is 37.9 Å². The lowest BCUT2D eigenvalue weighted by molar-refractivity contribution is 0.0478. The normalized spacial score (nSPS) is 14.6. The topological polar surface area (TPSA) is 32.3 Å². The van der Waals surface area contributed by atoms with Gasteiger partial charge in [0.15, 0.2) is 0 Å². The van der Waals surface area contributed by atoms with E-state index in [1.54, 1.807) is 0 Å². The van der Waals surface area contributed by atoms with Crippen molar-refractivity contribution >= 4 is 0 Å². The Labute approximate surface area is 118 Å². The summed E-state index contributed by atoms with van der Waals surface area (Å²) in [6.07, 6.45) is 2.96. The van der Waals surface area contributed by atoms with Crippen molar-refractivity contribution in [3.05, 3.63) is 35.4 Å². The van der Waals surface area contributed by atoms with Crippen LogP contribution in [0.1, 0.15) is 51.7 Å². The third kappa shape index (κ3) is 5.75. The first kappa shape index (κ1) is 16.2. The van der Waals surface area contributed by atoms with E-state index in [9.17, 15) is 5.11 Å². The average Bonchev–Trinajstić information content (AvgIpc) is 2.35. The van der Waals surface area contributed by atoms with Crippen LogP contribution >= 0.6 is 0 Å². The van der Waals surface area contributed by atoms with Gasteiger partial charge >= 0.3 is 0 Å². The van der Waals surface area contributed by atoms with E-state index in [4.69, 9.17) is 0 Å². The zero-order valence-electron chi connectivity index (χ0n) is 12.9. The Balaban J connectivity index is 2.57. The first-order valence-corrected chi connectivity index (χ1v) is 7.48. The molecular formula is C17H29NO. The summed E-state index contributed by atoms with van der Waals surface area (Å²) in [6.45, 7) is 10.3.